The van der Waals surface area contributed by atoms with Gasteiger partial charge in [-0.2, -0.15) is 0 Å². The zero-order chi connectivity index (χ0) is 24.8. The molecule has 4 rings (SSSR count). The number of esters is 1. The third-order valence-corrected chi connectivity index (χ3v) is 4.82. The number of para-hydroxylation sites is 1. The highest BCUT2D eigenvalue weighted by molar-refractivity contribution is 6.02. The molecule has 182 valence electrons. The number of hydrogen-bond acceptors (Lipinski definition) is 7. The van der Waals surface area contributed by atoms with Gasteiger partial charge in [0.2, 0.25) is 0 Å². The maximum atomic E-state index is 12.9. The lowest BCUT2D eigenvalue weighted by Gasteiger charge is -2.28. The average Bonchev–Trinajstić information content (AvgIpc) is 2.82. The number of carbonyl (C=O) groups is 2. The number of hydrogen-bond donors (Lipinski definition) is 2. The minimum atomic E-state index is -0.572. The molecule has 0 saturated carbocycles. The second-order valence-electron chi connectivity index (χ2n) is 8.84. The van der Waals surface area contributed by atoms with Crippen LogP contribution >= 0.6 is 0 Å². The molecule has 1 aliphatic rings. The first kappa shape index (κ1) is 23.9. The van der Waals surface area contributed by atoms with Gasteiger partial charge in [0.1, 0.15) is 23.8 Å². The van der Waals surface area contributed by atoms with E-state index in [9.17, 15) is 9.59 Å². The maximum Gasteiger partial charge on any atom is 0.344 e. The van der Waals surface area contributed by atoms with Gasteiger partial charge in [-0.25, -0.2) is 14.6 Å². The Morgan fingerprint density at radius 3 is 2.57 bits per heavy atom. The molecular weight excluding hydrogens is 448 g/mol. The molecular formula is C26H28N4O5. The standard InChI is InChI=1S/C26H28N4O5/c1-26(2,3)35-23(31)17-34-20-11-7-10-19(16-20)27-22-13-12-21-24(29-22)30(14-15-33-21)25(32)28-18-8-5-4-6-9-18/h4-13,16H,14-15,17H2,1-3H3,(H,27,29)(H,28,32). The first-order chi connectivity index (χ1) is 16.8. The van der Waals surface area contributed by atoms with Gasteiger partial charge < -0.3 is 24.8 Å². The van der Waals surface area contributed by atoms with E-state index in [1.807, 2.05) is 36.4 Å². The number of urea groups is 1. The maximum absolute atomic E-state index is 12.9. The van der Waals surface area contributed by atoms with Crippen molar-refractivity contribution in [2.24, 2.45) is 0 Å². The molecule has 1 aliphatic heterocycles. The highest BCUT2D eigenvalue weighted by atomic mass is 16.6. The summed E-state index contributed by atoms with van der Waals surface area (Å²) in [5.74, 6) is 1.54. The van der Waals surface area contributed by atoms with Gasteiger partial charge in [-0.1, -0.05) is 24.3 Å². The van der Waals surface area contributed by atoms with E-state index in [2.05, 4.69) is 15.6 Å². The van der Waals surface area contributed by atoms with Crippen LogP contribution in [0.15, 0.2) is 66.7 Å². The van der Waals surface area contributed by atoms with E-state index in [1.54, 1.807) is 56.0 Å². The summed E-state index contributed by atoms with van der Waals surface area (Å²) in [7, 11) is 0. The average molecular weight is 477 g/mol. The normalized spacial score (nSPS) is 12.7. The van der Waals surface area contributed by atoms with E-state index in [-0.39, 0.29) is 12.6 Å². The molecule has 0 unspecified atom stereocenters. The Morgan fingerprint density at radius 2 is 1.80 bits per heavy atom. The third kappa shape index (κ3) is 6.63. The van der Waals surface area contributed by atoms with Crippen molar-refractivity contribution in [3.63, 3.8) is 0 Å². The quantitative estimate of drug-likeness (QED) is 0.484. The number of nitrogens with zero attached hydrogens (tertiary/aromatic N) is 2. The summed E-state index contributed by atoms with van der Waals surface area (Å²) >= 11 is 0. The molecule has 2 aromatic carbocycles. The minimum Gasteiger partial charge on any atom is -0.488 e. The first-order valence-corrected chi connectivity index (χ1v) is 11.3. The fourth-order valence-electron chi connectivity index (χ4n) is 3.40. The van der Waals surface area contributed by atoms with E-state index in [0.29, 0.717) is 47.7 Å². The molecule has 0 saturated heterocycles. The van der Waals surface area contributed by atoms with E-state index < -0.39 is 11.6 Å². The van der Waals surface area contributed by atoms with Crippen molar-refractivity contribution in [2.75, 3.05) is 35.3 Å². The molecule has 0 bridgehead atoms. The van der Waals surface area contributed by atoms with Crippen LogP contribution in [0.1, 0.15) is 20.8 Å². The first-order valence-electron chi connectivity index (χ1n) is 11.3. The van der Waals surface area contributed by atoms with E-state index in [1.165, 1.54) is 0 Å². The second-order valence-corrected chi connectivity index (χ2v) is 8.84. The van der Waals surface area contributed by atoms with Crippen molar-refractivity contribution < 1.29 is 23.8 Å². The van der Waals surface area contributed by atoms with Crippen LogP contribution in [0.3, 0.4) is 0 Å². The molecule has 2 heterocycles. The Balaban J connectivity index is 1.44. The van der Waals surface area contributed by atoms with Gasteiger partial charge in [0.05, 0.1) is 6.54 Å². The van der Waals surface area contributed by atoms with Crippen LogP contribution in [0.2, 0.25) is 0 Å². The Kier molecular flexibility index (Phi) is 7.05. The van der Waals surface area contributed by atoms with E-state index in [0.717, 1.165) is 0 Å². The van der Waals surface area contributed by atoms with Gasteiger partial charge in [-0.05, 0) is 57.2 Å². The van der Waals surface area contributed by atoms with Crippen LogP contribution in [-0.4, -0.2) is 42.3 Å². The SMILES string of the molecule is CC(C)(C)OC(=O)COc1cccc(Nc2ccc3c(n2)N(C(=O)Nc2ccccc2)CCO3)c1. The summed E-state index contributed by atoms with van der Waals surface area (Å²) in [4.78, 5) is 31.0. The Labute approximate surface area is 204 Å². The molecule has 35 heavy (non-hydrogen) atoms. The van der Waals surface area contributed by atoms with Gasteiger partial charge in [-0.15, -0.1) is 0 Å². The smallest absolute Gasteiger partial charge is 0.344 e. The third-order valence-electron chi connectivity index (χ3n) is 4.82. The number of rotatable bonds is 6. The minimum absolute atomic E-state index is 0.194. The summed E-state index contributed by atoms with van der Waals surface area (Å²) in [6, 6.07) is 19.6. The molecule has 0 radical (unpaired) electrons. The molecule has 0 fully saturated rings. The topological polar surface area (TPSA) is 102 Å². The number of amides is 2. The number of aromatic nitrogens is 1. The number of carbonyl (C=O) groups excluding carboxylic acids is 2. The number of nitrogens with one attached hydrogen (secondary N) is 2. The van der Waals surface area contributed by atoms with Crippen molar-refractivity contribution >= 4 is 35.0 Å². The zero-order valence-electron chi connectivity index (χ0n) is 19.9. The number of ether oxygens (including phenoxy) is 3. The molecule has 3 aromatic rings. The van der Waals surface area contributed by atoms with Crippen LogP contribution in [0.25, 0.3) is 0 Å². The van der Waals surface area contributed by atoms with Crippen LogP contribution in [0.4, 0.5) is 27.8 Å². The van der Waals surface area contributed by atoms with Gasteiger partial charge >= 0.3 is 12.0 Å². The zero-order valence-corrected chi connectivity index (χ0v) is 19.9. The number of fused-ring (bicyclic) bond motifs is 1. The predicted octanol–water partition coefficient (Wildman–Crippen LogP) is 4.98. The number of pyridine rings is 1. The molecule has 0 aliphatic carbocycles. The highest BCUT2D eigenvalue weighted by Crippen LogP contribution is 2.32. The van der Waals surface area contributed by atoms with Crippen molar-refractivity contribution in [1.29, 1.82) is 0 Å². The van der Waals surface area contributed by atoms with Gasteiger partial charge in [-0.3, -0.25) is 4.90 Å². The van der Waals surface area contributed by atoms with Gasteiger partial charge in [0, 0.05) is 17.4 Å². The lowest BCUT2D eigenvalue weighted by atomic mass is 10.2. The molecule has 2 amide bonds. The number of anilines is 4. The summed E-state index contributed by atoms with van der Waals surface area (Å²) in [5.41, 5.74) is 0.830. The van der Waals surface area contributed by atoms with Crippen LogP contribution in [0, 0.1) is 0 Å². The monoisotopic (exact) mass is 476 g/mol. The lowest BCUT2D eigenvalue weighted by Crippen LogP contribution is -2.41. The summed E-state index contributed by atoms with van der Waals surface area (Å²) in [5, 5.41) is 6.09. The van der Waals surface area contributed by atoms with Gasteiger partial charge in [0.25, 0.3) is 0 Å². The van der Waals surface area contributed by atoms with Gasteiger partial charge in [0.15, 0.2) is 18.2 Å². The molecule has 0 atom stereocenters. The Morgan fingerprint density at radius 1 is 1.03 bits per heavy atom. The highest BCUT2D eigenvalue weighted by Gasteiger charge is 2.26. The Bertz CT molecular complexity index is 1190. The molecule has 1 aromatic heterocycles. The summed E-state index contributed by atoms with van der Waals surface area (Å²) in [6.07, 6.45) is 0. The van der Waals surface area contributed by atoms with Crippen LogP contribution in [-0.2, 0) is 9.53 Å². The molecule has 9 heteroatoms. The molecule has 9 nitrogen and oxygen atoms in total. The van der Waals surface area contributed by atoms with Crippen LogP contribution in [0.5, 0.6) is 11.5 Å². The number of benzene rings is 2. The second kappa shape index (κ2) is 10.3. The van der Waals surface area contributed by atoms with Crippen LogP contribution < -0.4 is 25.0 Å². The molecule has 2 N–H and O–H groups in total. The van der Waals surface area contributed by atoms with Crippen molar-refractivity contribution in [3.05, 3.63) is 66.7 Å². The van der Waals surface area contributed by atoms with E-state index in [4.69, 9.17) is 14.2 Å². The van der Waals surface area contributed by atoms with Crippen molar-refractivity contribution in [2.45, 2.75) is 26.4 Å². The largest absolute Gasteiger partial charge is 0.488 e. The van der Waals surface area contributed by atoms with Crippen molar-refractivity contribution in [3.8, 4) is 11.5 Å². The van der Waals surface area contributed by atoms with Crippen molar-refractivity contribution in [1.82, 2.24) is 4.98 Å². The predicted molar refractivity (Wildman–Crippen MR) is 134 cm³/mol. The lowest BCUT2D eigenvalue weighted by molar-refractivity contribution is -0.157. The molecule has 0 spiro atoms. The van der Waals surface area contributed by atoms with E-state index >= 15 is 0 Å². The fraction of sp³-hybridized carbons (Fsp3) is 0.269. The fourth-order valence-corrected chi connectivity index (χ4v) is 3.40. The Hall–Kier alpha value is -4.27. The summed E-state index contributed by atoms with van der Waals surface area (Å²) < 4.78 is 16.5. The summed E-state index contributed by atoms with van der Waals surface area (Å²) in [6.45, 7) is 5.97.